The molecule has 0 bridgehead atoms. The predicted octanol–water partition coefficient (Wildman–Crippen LogP) is 4.44. The zero-order chi connectivity index (χ0) is 14.8. The first kappa shape index (κ1) is 13.8. The summed E-state index contributed by atoms with van der Waals surface area (Å²) in [6.45, 7) is 2.07. The summed E-state index contributed by atoms with van der Waals surface area (Å²) in [6, 6.07) is 12.9. The van der Waals surface area contributed by atoms with Crippen LogP contribution in [-0.2, 0) is 6.42 Å². The monoisotopic (exact) mass is 283 g/mol. The van der Waals surface area contributed by atoms with Crippen LogP contribution in [0.1, 0.15) is 29.9 Å². The lowest BCUT2D eigenvalue weighted by Gasteiger charge is -2.19. The van der Waals surface area contributed by atoms with Crippen molar-refractivity contribution in [3.8, 4) is 0 Å². The Morgan fingerprint density at radius 3 is 2.52 bits per heavy atom. The lowest BCUT2D eigenvalue weighted by atomic mass is 9.93. The van der Waals surface area contributed by atoms with E-state index < -0.39 is 0 Å². The number of hydrogen-bond donors (Lipinski definition) is 1. The number of hydrogen-bond acceptors (Lipinski definition) is 2. The Morgan fingerprint density at radius 1 is 1.05 bits per heavy atom. The van der Waals surface area contributed by atoms with Crippen LogP contribution in [0.25, 0.3) is 10.8 Å². The Labute approximate surface area is 123 Å². The molecule has 0 fully saturated rings. The molecule has 2 nitrogen and oxygen atoms in total. The molecular weight excluding hydrogens is 265 g/mol. The van der Waals surface area contributed by atoms with Crippen molar-refractivity contribution in [2.45, 2.75) is 19.4 Å². The Kier molecular flexibility index (Phi) is 3.76. The van der Waals surface area contributed by atoms with Crippen molar-refractivity contribution in [1.29, 1.82) is 0 Å². The van der Waals surface area contributed by atoms with Gasteiger partial charge in [0.2, 0.25) is 0 Å². The SMILES string of the molecule is CCc1occc1C(NC)c1ccc(F)c2ccccc12. The van der Waals surface area contributed by atoms with Gasteiger partial charge in [-0.15, -0.1) is 0 Å². The van der Waals surface area contributed by atoms with E-state index in [0.717, 1.165) is 28.7 Å². The third-order valence-electron chi connectivity index (χ3n) is 3.92. The zero-order valence-electron chi connectivity index (χ0n) is 12.2. The second-order valence-corrected chi connectivity index (χ2v) is 5.06. The Balaban J connectivity index is 2.20. The van der Waals surface area contributed by atoms with Gasteiger partial charge in [-0.05, 0) is 30.1 Å². The molecule has 3 heteroatoms. The fourth-order valence-electron chi connectivity index (χ4n) is 2.91. The molecule has 0 spiro atoms. The first-order valence-electron chi connectivity index (χ1n) is 7.17. The largest absolute Gasteiger partial charge is 0.469 e. The fraction of sp³-hybridized carbons (Fsp3) is 0.222. The van der Waals surface area contributed by atoms with Crippen LogP contribution < -0.4 is 5.32 Å². The van der Waals surface area contributed by atoms with Crippen molar-refractivity contribution >= 4 is 10.8 Å². The number of furan rings is 1. The van der Waals surface area contributed by atoms with E-state index in [1.807, 2.05) is 43.4 Å². The predicted molar refractivity (Wildman–Crippen MR) is 82.9 cm³/mol. The van der Waals surface area contributed by atoms with Crippen molar-refractivity contribution in [3.63, 3.8) is 0 Å². The highest BCUT2D eigenvalue weighted by Gasteiger charge is 2.20. The van der Waals surface area contributed by atoms with Crippen LogP contribution >= 0.6 is 0 Å². The van der Waals surface area contributed by atoms with E-state index in [9.17, 15) is 4.39 Å². The van der Waals surface area contributed by atoms with E-state index in [4.69, 9.17) is 4.42 Å². The van der Waals surface area contributed by atoms with Crippen LogP contribution in [0.15, 0.2) is 53.1 Å². The van der Waals surface area contributed by atoms with Crippen molar-refractivity contribution in [1.82, 2.24) is 5.32 Å². The van der Waals surface area contributed by atoms with E-state index >= 15 is 0 Å². The van der Waals surface area contributed by atoms with Crippen LogP contribution in [0.2, 0.25) is 0 Å². The van der Waals surface area contributed by atoms with Gasteiger partial charge >= 0.3 is 0 Å². The number of nitrogens with one attached hydrogen (secondary N) is 1. The number of halogens is 1. The van der Waals surface area contributed by atoms with E-state index in [0.29, 0.717) is 5.39 Å². The topological polar surface area (TPSA) is 25.2 Å². The first-order valence-corrected chi connectivity index (χ1v) is 7.17. The summed E-state index contributed by atoms with van der Waals surface area (Å²) in [4.78, 5) is 0. The van der Waals surface area contributed by atoms with E-state index in [-0.39, 0.29) is 11.9 Å². The molecule has 1 N–H and O–H groups in total. The molecule has 1 unspecified atom stereocenters. The molecule has 2 aromatic carbocycles. The van der Waals surface area contributed by atoms with E-state index in [1.54, 1.807) is 6.26 Å². The molecule has 21 heavy (non-hydrogen) atoms. The van der Waals surface area contributed by atoms with Gasteiger partial charge in [-0.25, -0.2) is 4.39 Å². The second kappa shape index (κ2) is 5.70. The molecule has 0 radical (unpaired) electrons. The Hall–Kier alpha value is -2.13. The van der Waals surface area contributed by atoms with Crippen molar-refractivity contribution in [2.24, 2.45) is 0 Å². The van der Waals surface area contributed by atoms with E-state index in [1.165, 1.54) is 6.07 Å². The number of benzene rings is 2. The number of fused-ring (bicyclic) bond motifs is 1. The van der Waals surface area contributed by atoms with Gasteiger partial charge < -0.3 is 9.73 Å². The molecule has 0 aliphatic heterocycles. The summed E-state index contributed by atoms with van der Waals surface area (Å²) in [7, 11) is 1.91. The summed E-state index contributed by atoms with van der Waals surface area (Å²) >= 11 is 0. The van der Waals surface area contributed by atoms with Crippen molar-refractivity contribution < 1.29 is 8.81 Å². The lowest BCUT2D eigenvalue weighted by molar-refractivity contribution is 0.505. The van der Waals surface area contributed by atoms with Gasteiger partial charge in [0.15, 0.2) is 0 Å². The zero-order valence-corrected chi connectivity index (χ0v) is 12.2. The summed E-state index contributed by atoms with van der Waals surface area (Å²) in [5.74, 6) is 0.773. The molecule has 0 saturated carbocycles. The highest BCUT2D eigenvalue weighted by Crippen LogP contribution is 2.32. The smallest absolute Gasteiger partial charge is 0.131 e. The Morgan fingerprint density at radius 2 is 1.81 bits per heavy atom. The average molecular weight is 283 g/mol. The van der Waals surface area contributed by atoms with Gasteiger partial charge in [-0.3, -0.25) is 0 Å². The van der Waals surface area contributed by atoms with Gasteiger partial charge in [-0.2, -0.15) is 0 Å². The van der Waals surface area contributed by atoms with Gasteiger partial charge in [0.05, 0.1) is 12.3 Å². The summed E-state index contributed by atoms with van der Waals surface area (Å²) in [5, 5.41) is 4.91. The van der Waals surface area contributed by atoms with Gasteiger partial charge in [0, 0.05) is 17.4 Å². The molecule has 1 atom stereocenters. The molecule has 1 aromatic heterocycles. The normalized spacial score (nSPS) is 12.7. The van der Waals surface area contributed by atoms with Gasteiger partial charge in [0.25, 0.3) is 0 Å². The molecule has 0 saturated heterocycles. The summed E-state index contributed by atoms with van der Waals surface area (Å²) in [5.41, 5.74) is 2.17. The quantitative estimate of drug-likeness (QED) is 0.765. The maximum absolute atomic E-state index is 14.0. The second-order valence-electron chi connectivity index (χ2n) is 5.06. The highest BCUT2D eigenvalue weighted by molar-refractivity contribution is 5.87. The molecule has 1 heterocycles. The molecule has 0 amide bonds. The fourth-order valence-corrected chi connectivity index (χ4v) is 2.91. The van der Waals surface area contributed by atoms with Crippen LogP contribution in [0, 0.1) is 5.82 Å². The molecule has 0 aliphatic carbocycles. The highest BCUT2D eigenvalue weighted by atomic mass is 19.1. The summed E-state index contributed by atoms with van der Waals surface area (Å²) in [6.07, 6.45) is 2.55. The number of rotatable bonds is 4. The average Bonchev–Trinajstić information content (AvgIpc) is 2.99. The minimum absolute atomic E-state index is 0.0100. The maximum Gasteiger partial charge on any atom is 0.131 e. The summed E-state index contributed by atoms with van der Waals surface area (Å²) < 4.78 is 19.5. The molecule has 108 valence electrons. The van der Waals surface area contributed by atoms with Gasteiger partial charge in [-0.1, -0.05) is 37.3 Å². The van der Waals surface area contributed by atoms with Gasteiger partial charge in [0.1, 0.15) is 11.6 Å². The molecule has 3 rings (SSSR count). The third kappa shape index (κ3) is 2.34. The number of aryl methyl sites for hydroxylation is 1. The molecule has 3 aromatic rings. The Bertz CT molecular complexity index is 763. The molecular formula is C18H18FNO. The standard InChI is InChI=1S/C18H18FNO/c1-3-17-15(10-11-21-17)18(20-2)14-8-9-16(19)13-7-5-4-6-12(13)14/h4-11,18,20H,3H2,1-2H3. The van der Waals surface area contributed by atoms with Crippen LogP contribution in [0.5, 0.6) is 0 Å². The lowest BCUT2D eigenvalue weighted by Crippen LogP contribution is -2.18. The van der Waals surface area contributed by atoms with Crippen molar-refractivity contribution in [3.05, 3.63) is 71.4 Å². The minimum atomic E-state index is -0.188. The maximum atomic E-state index is 14.0. The van der Waals surface area contributed by atoms with Crippen LogP contribution in [0.4, 0.5) is 4.39 Å². The third-order valence-corrected chi connectivity index (χ3v) is 3.92. The molecule has 0 aliphatic rings. The van der Waals surface area contributed by atoms with Crippen LogP contribution in [-0.4, -0.2) is 7.05 Å². The van der Waals surface area contributed by atoms with E-state index in [2.05, 4.69) is 12.2 Å². The minimum Gasteiger partial charge on any atom is -0.469 e. The van der Waals surface area contributed by atoms with Crippen LogP contribution in [0.3, 0.4) is 0 Å². The van der Waals surface area contributed by atoms with Crippen molar-refractivity contribution in [2.75, 3.05) is 7.05 Å². The first-order chi connectivity index (χ1) is 10.3.